The molecule has 1 N–H and O–H groups in total. The summed E-state index contributed by atoms with van der Waals surface area (Å²) in [5.41, 5.74) is 0. The van der Waals surface area contributed by atoms with Gasteiger partial charge in [-0.05, 0) is 43.4 Å². The van der Waals surface area contributed by atoms with Crippen LogP contribution in [0, 0.1) is 17.8 Å². The molecule has 2 bridgehead atoms. The quantitative estimate of drug-likeness (QED) is 0.758. The number of hydrogen-bond acceptors (Lipinski definition) is 3. The van der Waals surface area contributed by atoms with E-state index in [-0.39, 0.29) is 6.61 Å². The molecule has 0 heterocycles. The maximum Gasteiger partial charge on any atom is 0.281 e. The number of hydrogen-bond donors (Lipinski definition) is 1. The molecule has 2 aliphatic carbocycles. The SMILES string of the molecule is CN(CCCO)S(=O)(=O)N(C)CC1CC2CCC1C2. The predicted molar refractivity (Wildman–Crippen MR) is 74.8 cm³/mol. The van der Waals surface area contributed by atoms with Crippen molar-refractivity contribution in [1.82, 2.24) is 8.61 Å². The fraction of sp³-hybridized carbons (Fsp3) is 1.00. The van der Waals surface area contributed by atoms with Crippen LogP contribution in [0.1, 0.15) is 32.1 Å². The molecule has 0 radical (unpaired) electrons. The van der Waals surface area contributed by atoms with Gasteiger partial charge in [0.1, 0.15) is 0 Å². The van der Waals surface area contributed by atoms with E-state index in [2.05, 4.69) is 0 Å². The van der Waals surface area contributed by atoms with Crippen molar-refractivity contribution in [3.05, 3.63) is 0 Å². The average molecular weight is 290 g/mol. The highest BCUT2D eigenvalue weighted by molar-refractivity contribution is 7.86. The van der Waals surface area contributed by atoms with Gasteiger partial charge in [-0.25, -0.2) is 0 Å². The maximum absolute atomic E-state index is 12.3. The number of rotatable bonds is 7. The first kappa shape index (κ1) is 15.2. The second kappa shape index (κ2) is 6.08. The molecule has 0 aliphatic heterocycles. The standard InChI is InChI=1S/C13H26N2O3S/c1-14(6-3-7-16)19(17,18)15(2)10-13-9-11-4-5-12(13)8-11/h11-13,16H,3-10H2,1-2H3. The normalized spacial score (nSPS) is 30.7. The average Bonchev–Trinajstić information content (AvgIpc) is 2.97. The molecule has 19 heavy (non-hydrogen) atoms. The Balaban J connectivity index is 1.89. The monoisotopic (exact) mass is 290 g/mol. The lowest BCUT2D eigenvalue weighted by Crippen LogP contribution is -2.43. The van der Waals surface area contributed by atoms with Gasteiger partial charge in [0.25, 0.3) is 10.2 Å². The third-order valence-electron chi connectivity index (χ3n) is 4.80. The largest absolute Gasteiger partial charge is 0.396 e. The molecule has 2 aliphatic rings. The van der Waals surface area contributed by atoms with Gasteiger partial charge in [0.2, 0.25) is 0 Å². The van der Waals surface area contributed by atoms with Crippen molar-refractivity contribution in [2.75, 3.05) is 33.8 Å². The molecule has 2 fully saturated rings. The lowest BCUT2D eigenvalue weighted by molar-refractivity contribution is 0.259. The van der Waals surface area contributed by atoms with Gasteiger partial charge in [0, 0.05) is 33.8 Å². The van der Waals surface area contributed by atoms with Crippen LogP contribution in [0.4, 0.5) is 0 Å². The van der Waals surface area contributed by atoms with Crippen molar-refractivity contribution >= 4 is 10.2 Å². The molecule has 2 rings (SSSR count). The highest BCUT2D eigenvalue weighted by Crippen LogP contribution is 2.48. The number of aliphatic hydroxyl groups excluding tert-OH is 1. The van der Waals surface area contributed by atoms with Gasteiger partial charge >= 0.3 is 0 Å². The van der Waals surface area contributed by atoms with Gasteiger partial charge < -0.3 is 5.11 Å². The van der Waals surface area contributed by atoms with Gasteiger partial charge in [-0.2, -0.15) is 17.0 Å². The third kappa shape index (κ3) is 3.29. The Bertz CT molecular complexity index is 399. The lowest BCUT2D eigenvalue weighted by atomic mass is 9.89. The van der Waals surface area contributed by atoms with Crippen LogP contribution in [0.5, 0.6) is 0 Å². The molecule has 2 saturated carbocycles. The van der Waals surface area contributed by atoms with E-state index in [1.807, 2.05) is 0 Å². The van der Waals surface area contributed by atoms with Gasteiger partial charge in [-0.15, -0.1) is 0 Å². The second-order valence-corrected chi connectivity index (χ2v) is 8.26. The van der Waals surface area contributed by atoms with E-state index in [0.29, 0.717) is 25.4 Å². The summed E-state index contributed by atoms with van der Waals surface area (Å²) in [7, 11) is -0.0970. The minimum Gasteiger partial charge on any atom is -0.396 e. The number of aliphatic hydroxyl groups is 1. The van der Waals surface area contributed by atoms with Crippen molar-refractivity contribution in [2.24, 2.45) is 17.8 Å². The molecular formula is C13H26N2O3S. The van der Waals surface area contributed by atoms with E-state index >= 15 is 0 Å². The van der Waals surface area contributed by atoms with Crippen LogP contribution < -0.4 is 0 Å². The summed E-state index contributed by atoms with van der Waals surface area (Å²) < 4.78 is 27.4. The van der Waals surface area contributed by atoms with Gasteiger partial charge in [-0.1, -0.05) is 6.42 Å². The zero-order chi connectivity index (χ0) is 14.0. The molecule has 0 aromatic heterocycles. The molecule has 112 valence electrons. The fourth-order valence-electron chi connectivity index (χ4n) is 3.67. The van der Waals surface area contributed by atoms with Crippen LogP contribution in [0.2, 0.25) is 0 Å². The van der Waals surface area contributed by atoms with E-state index in [4.69, 9.17) is 5.11 Å². The summed E-state index contributed by atoms with van der Waals surface area (Å²) in [4.78, 5) is 0. The molecule has 3 atom stereocenters. The lowest BCUT2D eigenvalue weighted by Gasteiger charge is -2.29. The Hall–Kier alpha value is -0.170. The molecule has 5 nitrogen and oxygen atoms in total. The fourth-order valence-corrected chi connectivity index (χ4v) is 4.89. The first-order valence-corrected chi connectivity index (χ1v) is 8.63. The Morgan fingerprint density at radius 2 is 1.89 bits per heavy atom. The van der Waals surface area contributed by atoms with E-state index in [9.17, 15) is 8.42 Å². The van der Waals surface area contributed by atoms with E-state index < -0.39 is 10.2 Å². The van der Waals surface area contributed by atoms with Crippen molar-refractivity contribution in [1.29, 1.82) is 0 Å². The van der Waals surface area contributed by atoms with Crippen molar-refractivity contribution in [3.63, 3.8) is 0 Å². The van der Waals surface area contributed by atoms with E-state index in [0.717, 1.165) is 11.8 Å². The van der Waals surface area contributed by atoms with Crippen molar-refractivity contribution < 1.29 is 13.5 Å². The number of nitrogens with zero attached hydrogens (tertiary/aromatic N) is 2. The Kier molecular flexibility index (Phi) is 4.87. The zero-order valence-corrected chi connectivity index (χ0v) is 12.8. The van der Waals surface area contributed by atoms with Crippen LogP contribution in [0.15, 0.2) is 0 Å². The molecule has 0 saturated heterocycles. The molecule has 6 heteroatoms. The second-order valence-electron chi connectivity index (χ2n) is 6.12. The molecule has 0 aromatic rings. The van der Waals surface area contributed by atoms with E-state index in [1.165, 1.54) is 34.3 Å². The van der Waals surface area contributed by atoms with Gasteiger partial charge in [0.15, 0.2) is 0 Å². The van der Waals surface area contributed by atoms with Gasteiger partial charge in [0.05, 0.1) is 0 Å². The smallest absolute Gasteiger partial charge is 0.281 e. The van der Waals surface area contributed by atoms with E-state index in [1.54, 1.807) is 14.1 Å². The first-order chi connectivity index (χ1) is 8.95. The summed E-state index contributed by atoms with van der Waals surface area (Å²) in [5, 5.41) is 8.79. The highest BCUT2D eigenvalue weighted by Gasteiger charge is 2.41. The third-order valence-corrected chi connectivity index (χ3v) is 6.70. The predicted octanol–water partition coefficient (Wildman–Crippen LogP) is 0.913. The Morgan fingerprint density at radius 3 is 2.42 bits per heavy atom. The van der Waals surface area contributed by atoms with Crippen LogP contribution in [0.25, 0.3) is 0 Å². The topological polar surface area (TPSA) is 60.9 Å². The maximum atomic E-state index is 12.3. The summed E-state index contributed by atoms with van der Waals surface area (Å²) in [6.07, 6.45) is 5.61. The van der Waals surface area contributed by atoms with Gasteiger partial charge in [-0.3, -0.25) is 0 Å². The molecule has 0 spiro atoms. The van der Waals surface area contributed by atoms with Crippen molar-refractivity contribution in [2.45, 2.75) is 32.1 Å². The molecule has 3 unspecified atom stereocenters. The number of fused-ring (bicyclic) bond motifs is 2. The van der Waals surface area contributed by atoms with Crippen molar-refractivity contribution in [3.8, 4) is 0 Å². The van der Waals surface area contributed by atoms with Crippen LogP contribution >= 0.6 is 0 Å². The summed E-state index contributed by atoms with van der Waals surface area (Å²) in [5.74, 6) is 2.13. The van der Waals surface area contributed by atoms with Crippen LogP contribution in [0.3, 0.4) is 0 Å². The summed E-state index contributed by atoms with van der Waals surface area (Å²) in [6, 6.07) is 0. The zero-order valence-electron chi connectivity index (χ0n) is 12.0. The molecule has 0 amide bonds. The summed E-state index contributed by atoms with van der Waals surface area (Å²) in [6.45, 7) is 1.04. The minimum atomic E-state index is -3.36. The summed E-state index contributed by atoms with van der Waals surface area (Å²) >= 11 is 0. The van der Waals surface area contributed by atoms with Crippen LogP contribution in [-0.4, -0.2) is 55.9 Å². The highest BCUT2D eigenvalue weighted by atomic mass is 32.2. The Labute approximate surface area is 116 Å². The van der Waals surface area contributed by atoms with Crippen LogP contribution in [-0.2, 0) is 10.2 Å². The molecular weight excluding hydrogens is 264 g/mol. The Morgan fingerprint density at radius 1 is 1.16 bits per heavy atom. The minimum absolute atomic E-state index is 0.0238. The first-order valence-electron chi connectivity index (χ1n) is 7.23. The molecule has 0 aromatic carbocycles.